The summed E-state index contributed by atoms with van der Waals surface area (Å²) in [4.78, 5) is 10.4. The molecule has 1 aromatic carbocycles. The van der Waals surface area contributed by atoms with E-state index in [1.165, 1.54) is 0 Å². The molecular weight excluding hydrogens is 326 g/mol. The van der Waals surface area contributed by atoms with Crippen LogP contribution in [0.25, 0.3) is 0 Å². The van der Waals surface area contributed by atoms with Gasteiger partial charge in [0, 0.05) is 10.0 Å². The molecule has 1 N–H and O–H groups in total. The second-order valence-electron chi connectivity index (χ2n) is 2.52. The summed E-state index contributed by atoms with van der Waals surface area (Å²) in [5, 5.41) is 8.48. The Morgan fingerprint density at radius 1 is 1.43 bits per heavy atom. The summed E-state index contributed by atoms with van der Waals surface area (Å²) in [7, 11) is 0. The van der Waals surface area contributed by atoms with Crippen LogP contribution in [0.3, 0.4) is 0 Å². The van der Waals surface area contributed by atoms with Gasteiger partial charge in [0.2, 0.25) is 0 Å². The second kappa shape index (κ2) is 4.35. The summed E-state index contributed by atoms with van der Waals surface area (Å²) < 4.78 is 26.0. The first-order valence-corrected chi connectivity index (χ1v) is 5.05. The minimum atomic E-state index is -1.18. The molecule has 0 amide bonds. The monoisotopic (exact) mass is 328 g/mol. The fourth-order valence-corrected chi connectivity index (χ4v) is 1.79. The van der Waals surface area contributed by atoms with Crippen molar-refractivity contribution in [2.45, 2.75) is 6.42 Å². The van der Waals surface area contributed by atoms with Gasteiger partial charge >= 0.3 is 5.97 Å². The van der Waals surface area contributed by atoms with Crippen molar-refractivity contribution in [2.75, 3.05) is 0 Å². The molecule has 0 aromatic heterocycles. The average Bonchev–Trinajstić information content (AvgIpc) is 2.09. The van der Waals surface area contributed by atoms with Crippen molar-refractivity contribution in [1.29, 1.82) is 0 Å². The molecule has 0 bridgehead atoms. The molecule has 0 aliphatic rings. The number of aliphatic carboxylic acids is 1. The second-order valence-corrected chi connectivity index (χ2v) is 4.16. The van der Waals surface area contributed by atoms with Crippen LogP contribution in [0.15, 0.2) is 15.0 Å². The number of carbonyl (C=O) groups is 1. The van der Waals surface area contributed by atoms with Crippen LogP contribution in [-0.2, 0) is 11.2 Å². The minimum Gasteiger partial charge on any atom is -0.481 e. The Morgan fingerprint density at radius 3 is 2.50 bits per heavy atom. The van der Waals surface area contributed by atoms with Gasteiger partial charge in [-0.05, 0) is 22.0 Å². The molecule has 1 aromatic rings. The Labute approximate surface area is 95.2 Å². The zero-order chi connectivity index (χ0) is 10.9. The van der Waals surface area contributed by atoms with Crippen molar-refractivity contribution in [1.82, 2.24) is 0 Å². The van der Waals surface area contributed by atoms with Gasteiger partial charge in [-0.3, -0.25) is 4.79 Å². The predicted molar refractivity (Wildman–Crippen MR) is 53.1 cm³/mol. The molecule has 0 heterocycles. The lowest BCUT2D eigenvalue weighted by Crippen LogP contribution is -2.05. The van der Waals surface area contributed by atoms with E-state index in [4.69, 9.17) is 5.11 Å². The maximum atomic E-state index is 13.3. The van der Waals surface area contributed by atoms with Crippen LogP contribution in [-0.4, -0.2) is 11.1 Å². The molecule has 0 spiro atoms. The molecule has 0 saturated heterocycles. The van der Waals surface area contributed by atoms with Crippen molar-refractivity contribution < 1.29 is 18.7 Å². The van der Waals surface area contributed by atoms with Gasteiger partial charge in [-0.1, -0.05) is 15.9 Å². The maximum Gasteiger partial charge on any atom is 0.307 e. The SMILES string of the molecule is O=C(O)Cc1c(Br)cc(F)c(Br)c1F. The fraction of sp³-hybridized carbons (Fsp3) is 0.125. The first-order chi connectivity index (χ1) is 6.43. The smallest absolute Gasteiger partial charge is 0.307 e. The third-order valence-corrected chi connectivity index (χ3v) is 2.97. The van der Waals surface area contributed by atoms with Crippen molar-refractivity contribution in [3.8, 4) is 0 Å². The molecule has 0 unspecified atom stereocenters. The molecule has 0 aliphatic heterocycles. The first-order valence-electron chi connectivity index (χ1n) is 3.47. The van der Waals surface area contributed by atoms with Crippen molar-refractivity contribution in [3.63, 3.8) is 0 Å². The van der Waals surface area contributed by atoms with Gasteiger partial charge in [0.05, 0.1) is 10.9 Å². The Balaban J connectivity index is 3.29. The van der Waals surface area contributed by atoms with Crippen molar-refractivity contribution in [2.24, 2.45) is 0 Å². The molecule has 2 nitrogen and oxygen atoms in total. The molecule has 0 fully saturated rings. The Kier molecular flexibility index (Phi) is 3.60. The third-order valence-electron chi connectivity index (χ3n) is 1.54. The summed E-state index contributed by atoms with van der Waals surface area (Å²) in [6, 6.07) is 1.02. The van der Waals surface area contributed by atoms with Gasteiger partial charge in [0.1, 0.15) is 11.6 Å². The van der Waals surface area contributed by atoms with Crippen molar-refractivity contribution >= 4 is 37.8 Å². The maximum absolute atomic E-state index is 13.3. The van der Waals surface area contributed by atoms with Crippen LogP contribution in [0.5, 0.6) is 0 Å². The summed E-state index contributed by atoms with van der Waals surface area (Å²) in [5.74, 6) is -2.84. The highest BCUT2D eigenvalue weighted by molar-refractivity contribution is 9.11. The molecular formula is C8H4Br2F2O2. The zero-order valence-corrected chi connectivity index (χ0v) is 9.82. The highest BCUT2D eigenvalue weighted by Gasteiger charge is 2.17. The highest BCUT2D eigenvalue weighted by atomic mass is 79.9. The molecule has 6 heteroatoms. The Morgan fingerprint density at radius 2 is 2.00 bits per heavy atom. The number of rotatable bonds is 2. The molecule has 0 saturated carbocycles. The quantitative estimate of drug-likeness (QED) is 0.668. The minimum absolute atomic E-state index is 0.0780. The van der Waals surface area contributed by atoms with Crippen LogP contribution in [0, 0.1) is 11.6 Å². The lowest BCUT2D eigenvalue weighted by atomic mass is 10.1. The molecule has 14 heavy (non-hydrogen) atoms. The van der Waals surface area contributed by atoms with E-state index in [9.17, 15) is 13.6 Å². The summed E-state index contributed by atoms with van der Waals surface area (Å²) in [6.07, 6.45) is -0.495. The highest BCUT2D eigenvalue weighted by Crippen LogP contribution is 2.29. The van der Waals surface area contributed by atoms with Gasteiger partial charge in [-0.2, -0.15) is 0 Å². The summed E-state index contributed by atoms with van der Waals surface area (Å²) >= 11 is 5.59. The number of benzene rings is 1. The van der Waals surface area contributed by atoms with Crippen LogP contribution >= 0.6 is 31.9 Å². The topological polar surface area (TPSA) is 37.3 Å². The van der Waals surface area contributed by atoms with E-state index in [-0.39, 0.29) is 14.5 Å². The average molecular weight is 330 g/mol. The van der Waals surface area contributed by atoms with E-state index in [0.29, 0.717) is 0 Å². The summed E-state index contributed by atoms with van der Waals surface area (Å²) in [5.41, 5.74) is -0.0780. The van der Waals surface area contributed by atoms with E-state index in [1.54, 1.807) is 0 Å². The molecule has 0 radical (unpaired) electrons. The van der Waals surface area contributed by atoms with Crippen LogP contribution in [0.1, 0.15) is 5.56 Å². The largest absolute Gasteiger partial charge is 0.481 e. The van der Waals surface area contributed by atoms with Gasteiger partial charge in [-0.15, -0.1) is 0 Å². The van der Waals surface area contributed by atoms with E-state index >= 15 is 0 Å². The van der Waals surface area contributed by atoms with Crippen molar-refractivity contribution in [3.05, 3.63) is 32.2 Å². The van der Waals surface area contributed by atoms with Gasteiger partial charge in [-0.25, -0.2) is 8.78 Å². The summed E-state index contributed by atoms with van der Waals surface area (Å²) in [6.45, 7) is 0. The fourth-order valence-electron chi connectivity index (χ4n) is 0.917. The Bertz CT molecular complexity index is 393. The van der Waals surface area contributed by atoms with Gasteiger partial charge in [0.25, 0.3) is 0 Å². The van der Waals surface area contributed by atoms with E-state index in [1.807, 2.05) is 0 Å². The molecule has 76 valence electrons. The molecule has 0 atom stereocenters. The third kappa shape index (κ3) is 2.30. The van der Waals surface area contributed by atoms with E-state index in [0.717, 1.165) is 6.07 Å². The normalized spacial score (nSPS) is 10.3. The van der Waals surface area contributed by atoms with Gasteiger partial charge in [0.15, 0.2) is 0 Å². The first kappa shape index (κ1) is 11.6. The Hall–Kier alpha value is -0.490. The zero-order valence-electron chi connectivity index (χ0n) is 6.65. The van der Waals surface area contributed by atoms with Crippen LogP contribution < -0.4 is 0 Å². The lowest BCUT2D eigenvalue weighted by molar-refractivity contribution is -0.136. The lowest BCUT2D eigenvalue weighted by Gasteiger charge is -2.05. The number of carboxylic acid groups (broad SMARTS) is 1. The number of carboxylic acids is 1. The number of hydrogen-bond donors (Lipinski definition) is 1. The molecule has 0 aliphatic carbocycles. The number of halogens is 4. The number of hydrogen-bond acceptors (Lipinski definition) is 1. The standard InChI is InChI=1S/C8H4Br2F2O2/c9-4-2-5(11)7(10)8(12)3(4)1-6(13)14/h2H,1H2,(H,13,14). The van der Waals surface area contributed by atoms with Crippen LogP contribution in [0.2, 0.25) is 0 Å². The molecule has 1 rings (SSSR count). The predicted octanol–water partition coefficient (Wildman–Crippen LogP) is 3.12. The van der Waals surface area contributed by atoms with E-state index in [2.05, 4.69) is 31.9 Å². The van der Waals surface area contributed by atoms with Gasteiger partial charge < -0.3 is 5.11 Å². The van der Waals surface area contributed by atoms with E-state index < -0.39 is 24.0 Å². The van der Waals surface area contributed by atoms with Crippen LogP contribution in [0.4, 0.5) is 8.78 Å².